The second kappa shape index (κ2) is 4.52. The van der Waals surface area contributed by atoms with E-state index in [9.17, 15) is 19.8 Å². The quantitative estimate of drug-likeness (QED) is 0.730. The Morgan fingerprint density at radius 2 is 2.05 bits per heavy atom. The molecule has 0 spiro atoms. The zero-order valence-corrected chi connectivity index (χ0v) is 11.1. The molecule has 3 atom stereocenters. The Morgan fingerprint density at radius 1 is 1.30 bits per heavy atom. The molecule has 3 N–H and O–H groups in total. The van der Waals surface area contributed by atoms with E-state index in [0.29, 0.717) is 22.7 Å². The zero-order chi connectivity index (χ0) is 14.4. The van der Waals surface area contributed by atoms with Crippen LogP contribution in [0.2, 0.25) is 5.02 Å². The van der Waals surface area contributed by atoms with E-state index in [2.05, 4.69) is 5.32 Å². The van der Waals surface area contributed by atoms with Gasteiger partial charge in [-0.1, -0.05) is 23.8 Å². The van der Waals surface area contributed by atoms with E-state index in [-0.39, 0.29) is 17.4 Å². The number of fused-ring (bicyclic) bond motifs is 3. The first-order valence-electron chi connectivity index (χ1n) is 6.22. The van der Waals surface area contributed by atoms with Gasteiger partial charge in [-0.3, -0.25) is 0 Å². The number of carbonyl (C=O) groups is 2. The minimum atomic E-state index is -1.03. The number of anilines is 1. The average Bonchev–Trinajstić information content (AvgIpc) is 2.86. The minimum absolute atomic E-state index is 0.169. The Labute approximate surface area is 119 Å². The highest BCUT2D eigenvalue weighted by Gasteiger charge is 2.43. The fourth-order valence-corrected chi connectivity index (χ4v) is 3.32. The van der Waals surface area contributed by atoms with Crippen LogP contribution in [0.25, 0.3) is 0 Å². The smallest absolute Gasteiger partial charge is 0.336 e. The third-order valence-electron chi connectivity index (χ3n) is 3.97. The van der Waals surface area contributed by atoms with Gasteiger partial charge in [0.25, 0.3) is 0 Å². The molecule has 1 aromatic carbocycles. The average molecular weight is 294 g/mol. The number of allylic oxidation sites excluding steroid dienone is 2. The van der Waals surface area contributed by atoms with Crippen LogP contribution in [0.1, 0.15) is 28.3 Å². The van der Waals surface area contributed by atoms with E-state index in [1.54, 1.807) is 0 Å². The molecule has 6 heteroatoms. The highest BCUT2D eigenvalue weighted by Crippen LogP contribution is 2.48. The summed E-state index contributed by atoms with van der Waals surface area (Å²) in [7, 11) is 0. The van der Waals surface area contributed by atoms with Gasteiger partial charge in [0.2, 0.25) is 0 Å². The topological polar surface area (TPSA) is 86.6 Å². The highest BCUT2D eigenvalue weighted by atomic mass is 35.5. The molecule has 0 saturated carbocycles. The molecular weight excluding hydrogens is 282 g/mol. The molecule has 20 heavy (non-hydrogen) atoms. The van der Waals surface area contributed by atoms with Gasteiger partial charge < -0.3 is 15.5 Å². The molecule has 3 unspecified atom stereocenters. The molecule has 0 radical (unpaired) electrons. The maximum Gasteiger partial charge on any atom is 0.336 e. The molecule has 0 fully saturated rings. The predicted molar refractivity (Wildman–Crippen MR) is 73.4 cm³/mol. The lowest BCUT2D eigenvalue weighted by atomic mass is 9.77. The number of aromatic carboxylic acids is 1. The van der Waals surface area contributed by atoms with Crippen LogP contribution < -0.4 is 5.32 Å². The van der Waals surface area contributed by atoms with Gasteiger partial charge in [0.15, 0.2) is 0 Å². The maximum atomic E-state index is 11.4. The number of benzene rings is 1. The van der Waals surface area contributed by atoms with Crippen molar-refractivity contribution in [2.45, 2.75) is 18.4 Å². The number of carboxylic acid groups (broad SMARTS) is 2. The van der Waals surface area contributed by atoms with E-state index in [0.717, 1.165) is 0 Å². The fourth-order valence-electron chi connectivity index (χ4n) is 3.11. The first-order chi connectivity index (χ1) is 9.50. The van der Waals surface area contributed by atoms with Crippen LogP contribution in [0, 0.1) is 5.92 Å². The molecule has 0 bridgehead atoms. The molecule has 2 aliphatic rings. The van der Waals surface area contributed by atoms with Crippen molar-refractivity contribution in [3.8, 4) is 0 Å². The van der Waals surface area contributed by atoms with Crippen molar-refractivity contribution in [2.75, 3.05) is 5.32 Å². The van der Waals surface area contributed by atoms with E-state index in [4.69, 9.17) is 11.6 Å². The van der Waals surface area contributed by atoms with Crippen molar-refractivity contribution in [3.05, 3.63) is 40.4 Å². The number of hydrogen-bond acceptors (Lipinski definition) is 3. The largest absolute Gasteiger partial charge is 0.480 e. The highest BCUT2D eigenvalue weighted by molar-refractivity contribution is 6.33. The summed E-state index contributed by atoms with van der Waals surface area (Å²) in [5.41, 5.74) is 1.18. The van der Waals surface area contributed by atoms with Gasteiger partial charge >= 0.3 is 11.9 Å². The van der Waals surface area contributed by atoms with Gasteiger partial charge in [-0.15, -0.1) is 0 Å². The summed E-state index contributed by atoms with van der Waals surface area (Å²) in [6.45, 7) is 0. The van der Waals surface area contributed by atoms with E-state index in [1.165, 1.54) is 12.1 Å². The van der Waals surface area contributed by atoms with Crippen molar-refractivity contribution in [2.24, 2.45) is 5.92 Å². The number of hydrogen-bond donors (Lipinski definition) is 3. The van der Waals surface area contributed by atoms with Gasteiger partial charge in [-0.2, -0.15) is 0 Å². The third kappa shape index (κ3) is 1.78. The summed E-state index contributed by atoms with van der Waals surface area (Å²) >= 11 is 6.11. The molecule has 1 heterocycles. The monoisotopic (exact) mass is 293 g/mol. The van der Waals surface area contributed by atoms with Crippen LogP contribution in [-0.4, -0.2) is 28.2 Å². The van der Waals surface area contributed by atoms with Crippen LogP contribution in [0.3, 0.4) is 0 Å². The molecule has 3 rings (SSSR count). The third-order valence-corrected chi connectivity index (χ3v) is 4.28. The minimum Gasteiger partial charge on any atom is -0.480 e. The Bertz CT molecular complexity index is 640. The number of rotatable bonds is 2. The van der Waals surface area contributed by atoms with Crippen molar-refractivity contribution in [3.63, 3.8) is 0 Å². The second-order valence-corrected chi connectivity index (χ2v) is 5.41. The molecule has 0 amide bonds. The van der Waals surface area contributed by atoms with Crippen molar-refractivity contribution in [1.29, 1.82) is 0 Å². The van der Waals surface area contributed by atoms with Gasteiger partial charge in [0, 0.05) is 11.8 Å². The summed E-state index contributed by atoms with van der Waals surface area (Å²) in [6.07, 6.45) is 4.39. The lowest BCUT2D eigenvalue weighted by molar-refractivity contribution is -0.139. The van der Waals surface area contributed by atoms with Gasteiger partial charge in [0.1, 0.15) is 6.04 Å². The Hall–Kier alpha value is -2.01. The summed E-state index contributed by atoms with van der Waals surface area (Å²) in [5.74, 6) is -2.40. The zero-order valence-electron chi connectivity index (χ0n) is 10.3. The summed E-state index contributed by atoms with van der Waals surface area (Å²) in [4.78, 5) is 22.8. The van der Waals surface area contributed by atoms with E-state index in [1.807, 2.05) is 12.2 Å². The number of carboxylic acids is 2. The Morgan fingerprint density at radius 3 is 2.70 bits per heavy atom. The molecule has 5 nitrogen and oxygen atoms in total. The number of aliphatic carboxylic acids is 1. The second-order valence-electron chi connectivity index (χ2n) is 5.00. The molecule has 0 saturated heterocycles. The van der Waals surface area contributed by atoms with Crippen molar-refractivity contribution >= 4 is 29.2 Å². The van der Waals surface area contributed by atoms with Crippen molar-refractivity contribution < 1.29 is 19.8 Å². The molecule has 1 aromatic rings. The molecular formula is C14H12ClNO4. The normalized spacial score (nSPS) is 26.6. The van der Waals surface area contributed by atoms with Crippen LogP contribution in [0.4, 0.5) is 5.69 Å². The van der Waals surface area contributed by atoms with Gasteiger partial charge in [-0.25, -0.2) is 9.59 Å². The van der Waals surface area contributed by atoms with Gasteiger partial charge in [0.05, 0.1) is 16.3 Å². The molecule has 0 aromatic heterocycles. The molecule has 1 aliphatic carbocycles. The summed E-state index contributed by atoms with van der Waals surface area (Å²) < 4.78 is 0. The van der Waals surface area contributed by atoms with Crippen molar-refractivity contribution in [1.82, 2.24) is 0 Å². The van der Waals surface area contributed by atoms with Crippen LogP contribution in [0.15, 0.2) is 24.3 Å². The number of nitrogens with one attached hydrogen (secondary N) is 1. The molecule has 104 valence electrons. The fraction of sp³-hybridized carbons (Fsp3) is 0.286. The lowest BCUT2D eigenvalue weighted by Crippen LogP contribution is -2.42. The molecule has 1 aliphatic heterocycles. The predicted octanol–water partition coefficient (Wildman–Crippen LogP) is 2.58. The van der Waals surface area contributed by atoms with Crippen LogP contribution >= 0.6 is 11.6 Å². The summed E-state index contributed by atoms with van der Waals surface area (Å²) in [6, 6.07) is 2.19. The first kappa shape index (κ1) is 13.0. The maximum absolute atomic E-state index is 11.4. The van der Waals surface area contributed by atoms with Crippen LogP contribution in [0.5, 0.6) is 0 Å². The lowest BCUT2D eigenvalue weighted by Gasteiger charge is -2.35. The standard InChI is InChI=1S/C14H12ClNO4/c15-9-5-4-8(13(17)18)10-6-2-1-3-7(6)11(14(19)20)16-12(9)10/h1-2,4-7,11,16H,3H2,(H,17,18)(H,19,20). The van der Waals surface area contributed by atoms with Crippen LogP contribution in [-0.2, 0) is 4.79 Å². The van der Waals surface area contributed by atoms with Gasteiger partial charge in [-0.05, 0) is 24.1 Å². The number of halogens is 1. The summed E-state index contributed by atoms with van der Waals surface area (Å²) in [5, 5.41) is 21.9. The van der Waals surface area contributed by atoms with E-state index >= 15 is 0 Å². The van der Waals surface area contributed by atoms with E-state index < -0.39 is 18.0 Å². The first-order valence-corrected chi connectivity index (χ1v) is 6.60. The SMILES string of the molecule is O=C(O)c1ccc(Cl)c2c1C1C=CCC1C(C(=O)O)N2. The Balaban J connectivity index is 2.22. The Kier molecular flexibility index (Phi) is 2.94.